The van der Waals surface area contributed by atoms with Crippen LogP contribution in [-0.2, 0) is 16.1 Å². The maximum Gasteiger partial charge on any atom is 0.0854 e. The van der Waals surface area contributed by atoms with Gasteiger partial charge in [0.15, 0.2) is 0 Å². The van der Waals surface area contributed by atoms with Crippen molar-refractivity contribution in [2.24, 2.45) is 0 Å². The lowest BCUT2D eigenvalue weighted by atomic mass is 9.96. The van der Waals surface area contributed by atoms with Crippen molar-refractivity contribution in [1.82, 2.24) is 0 Å². The molecule has 3 heteroatoms. The Hall–Kier alpha value is -1.68. The summed E-state index contributed by atoms with van der Waals surface area (Å²) in [7, 11) is 0. The summed E-state index contributed by atoms with van der Waals surface area (Å²) in [5.74, 6) is 0. The van der Waals surface area contributed by atoms with Crippen molar-refractivity contribution in [3.8, 4) is 0 Å². The topological polar surface area (TPSA) is 38.7 Å². The normalized spacial score (nSPS) is 23.2. The van der Waals surface area contributed by atoms with E-state index in [0.29, 0.717) is 6.61 Å². The monoisotopic (exact) mass is 328 g/mol. The second-order valence-electron chi connectivity index (χ2n) is 5.73. The Morgan fingerprint density at radius 1 is 0.958 bits per heavy atom. The largest absolute Gasteiger partial charge is 0.394 e. The summed E-state index contributed by atoms with van der Waals surface area (Å²) in [5, 5.41) is 9.48. The van der Waals surface area contributed by atoms with Crippen LogP contribution in [0.2, 0.25) is 0 Å². The first kappa shape index (κ1) is 18.7. The number of benzene rings is 2. The van der Waals surface area contributed by atoms with E-state index in [1.165, 1.54) is 5.56 Å². The summed E-state index contributed by atoms with van der Waals surface area (Å²) in [6.07, 6.45) is 1.52. The van der Waals surface area contributed by atoms with E-state index in [9.17, 15) is 5.11 Å². The summed E-state index contributed by atoms with van der Waals surface area (Å²) in [6.45, 7) is 4.64. The fourth-order valence-electron chi connectivity index (χ4n) is 2.90. The van der Waals surface area contributed by atoms with Gasteiger partial charge < -0.3 is 14.6 Å². The molecule has 1 aliphatic rings. The molecule has 1 N–H and O–H groups in total. The van der Waals surface area contributed by atoms with Crippen molar-refractivity contribution in [1.29, 1.82) is 0 Å². The minimum atomic E-state index is -0.153. The molecule has 3 atom stereocenters. The third-order valence-corrected chi connectivity index (χ3v) is 4.06. The molecule has 1 heterocycles. The van der Waals surface area contributed by atoms with Crippen molar-refractivity contribution in [3.63, 3.8) is 0 Å². The SMILES string of the molecule is CC.OCC1CC(OCc2ccccc2)CC(c2ccccc2)O1. The summed E-state index contributed by atoms with van der Waals surface area (Å²) in [5.41, 5.74) is 2.32. The molecule has 0 saturated carbocycles. The van der Waals surface area contributed by atoms with Crippen LogP contribution < -0.4 is 0 Å². The Kier molecular flexibility index (Phi) is 7.96. The molecule has 0 bridgehead atoms. The Labute approximate surface area is 145 Å². The van der Waals surface area contributed by atoms with E-state index in [1.807, 2.05) is 50.2 Å². The molecule has 3 unspecified atom stereocenters. The number of hydrogen-bond donors (Lipinski definition) is 1. The first-order valence-corrected chi connectivity index (χ1v) is 8.82. The molecule has 0 amide bonds. The molecular formula is C21H28O3. The summed E-state index contributed by atoms with van der Waals surface area (Å²) < 4.78 is 12.0. The maximum absolute atomic E-state index is 9.48. The van der Waals surface area contributed by atoms with Gasteiger partial charge in [0.1, 0.15) is 0 Å². The minimum Gasteiger partial charge on any atom is -0.394 e. The molecule has 2 aromatic rings. The van der Waals surface area contributed by atoms with Crippen molar-refractivity contribution < 1.29 is 14.6 Å². The lowest BCUT2D eigenvalue weighted by Crippen LogP contribution is -2.35. The molecule has 0 radical (unpaired) electrons. The molecule has 1 aliphatic heterocycles. The first-order chi connectivity index (χ1) is 11.8. The molecule has 0 aromatic heterocycles. The minimum absolute atomic E-state index is 0.00660. The van der Waals surface area contributed by atoms with Crippen LogP contribution in [0.3, 0.4) is 0 Å². The lowest BCUT2D eigenvalue weighted by Gasteiger charge is -2.35. The van der Waals surface area contributed by atoms with E-state index in [0.717, 1.165) is 18.4 Å². The van der Waals surface area contributed by atoms with E-state index < -0.39 is 0 Å². The maximum atomic E-state index is 9.48. The highest BCUT2D eigenvalue weighted by Crippen LogP contribution is 2.33. The van der Waals surface area contributed by atoms with Gasteiger partial charge >= 0.3 is 0 Å². The van der Waals surface area contributed by atoms with Crippen LogP contribution in [0.15, 0.2) is 60.7 Å². The van der Waals surface area contributed by atoms with Gasteiger partial charge in [0.2, 0.25) is 0 Å². The quantitative estimate of drug-likeness (QED) is 0.877. The molecule has 3 nitrogen and oxygen atoms in total. The van der Waals surface area contributed by atoms with Gasteiger partial charge in [0.05, 0.1) is 31.5 Å². The van der Waals surface area contributed by atoms with Gasteiger partial charge in [-0.25, -0.2) is 0 Å². The van der Waals surface area contributed by atoms with Gasteiger partial charge in [0.25, 0.3) is 0 Å². The second kappa shape index (κ2) is 10.2. The van der Waals surface area contributed by atoms with E-state index >= 15 is 0 Å². The predicted molar refractivity (Wildman–Crippen MR) is 96.7 cm³/mol. The fraction of sp³-hybridized carbons (Fsp3) is 0.429. The van der Waals surface area contributed by atoms with Gasteiger partial charge in [0, 0.05) is 12.8 Å². The molecule has 130 valence electrons. The third kappa shape index (κ3) is 5.45. The summed E-state index contributed by atoms with van der Waals surface area (Å²) in [6, 6.07) is 20.3. The Bertz CT molecular complexity index is 556. The number of hydrogen-bond acceptors (Lipinski definition) is 3. The Morgan fingerprint density at radius 2 is 1.58 bits per heavy atom. The van der Waals surface area contributed by atoms with Gasteiger partial charge in [-0.3, -0.25) is 0 Å². The van der Waals surface area contributed by atoms with E-state index in [4.69, 9.17) is 9.47 Å². The standard InChI is InChI=1S/C19H22O3.C2H6/c20-13-18-11-17(21-14-15-7-3-1-4-8-15)12-19(22-18)16-9-5-2-6-10-16;1-2/h1-10,17-20H,11-14H2;1-2H3. The third-order valence-electron chi connectivity index (χ3n) is 4.06. The van der Waals surface area contributed by atoms with Gasteiger partial charge in [-0.1, -0.05) is 74.5 Å². The zero-order chi connectivity index (χ0) is 17.2. The molecule has 24 heavy (non-hydrogen) atoms. The zero-order valence-electron chi connectivity index (χ0n) is 14.6. The van der Waals surface area contributed by atoms with E-state index in [1.54, 1.807) is 0 Å². The van der Waals surface area contributed by atoms with Crippen LogP contribution >= 0.6 is 0 Å². The van der Waals surface area contributed by atoms with Crippen LogP contribution in [0.4, 0.5) is 0 Å². The number of rotatable bonds is 5. The summed E-state index contributed by atoms with van der Waals surface area (Å²) >= 11 is 0. The average molecular weight is 328 g/mol. The molecule has 3 rings (SSSR count). The summed E-state index contributed by atoms with van der Waals surface area (Å²) in [4.78, 5) is 0. The van der Waals surface area contributed by atoms with Crippen molar-refractivity contribution in [2.45, 2.75) is 51.6 Å². The van der Waals surface area contributed by atoms with Crippen LogP contribution in [-0.4, -0.2) is 23.9 Å². The van der Waals surface area contributed by atoms with Crippen molar-refractivity contribution in [2.75, 3.05) is 6.61 Å². The number of aliphatic hydroxyl groups is 1. The average Bonchev–Trinajstić information content (AvgIpc) is 2.69. The van der Waals surface area contributed by atoms with Crippen molar-refractivity contribution >= 4 is 0 Å². The predicted octanol–water partition coefficient (Wildman–Crippen LogP) is 4.51. The highest BCUT2D eigenvalue weighted by molar-refractivity contribution is 5.18. The highest BCUT2D eigenvalue weighted by Gasteiger charge is 2.30. The highest BCUT2D eigenvalue weighted by atomic mass is 16.5. The molecule has 0 aliphatic carbocycles. The number of ether oxygens (including phenoxy) is 2. The molecule has 2 aromatic carbocycles. The molecule has 0 spiro atoms. The van der Waals surface area contributed by atoms with E-state index in [-0.39, 0.29) is 24.9 Å². The van der Waals surface area contributed by atoms with Gasteiger partial charge in [-0.15, -0.1) is 0 Å². The number of aliphatic hydroxyl groups excluding tert-OH is 1. The van der Waals surface area contributed by atoms with Crippen molar-refractivity contribution in [3.05, 3.63) is 71.8 Å². The van der Waals surface area contributed by atoms with Crippen LogP contribution in [0, 0.1) is 0 Å². The van der Waals surface area contributed by atoms with Crippen LogP contribution in [0.25, 0.3) is 0 Å². The van der Waals surface area contributed by atoms with Crippen LogP contribution in [0.1, 0.15) is 43.9 Å². The first-order valence-electron chi connectivity index (χ1n) is 8.82. The van der Waals surface area contributed by atoms with Gasteiger partial charge in [-0.05, 0) is 11.1 Å². The fourth-order valence-corrected chi connectivity index (χ4v) is 2.90. The molecular weight excluding hydrogens is 300 g/mol. The smallest absolute Gasteiger partial charge is 0.0854 e. The van der Waals surface area contributed by atoms with Gasteiger partial charge in [-0.2, -0.15) is 0 Å². The molecule has 1 fully saturated rings. The van der Waals surface area contributed by atoms with E-state index in [2.05, 4.69) is 24.3 Å². The zero-order valence-corrected chi connectivity index (χ0v) is 14.6. The second-order valence-corrected chi connectivity index (χ2v) is 5.73. The Morgan fingerprint density at radius 3 is 2.21 bits per heavy atom. The van der Waals surface area contributed by atoms with Crippen LogP contribution in [0.5, 0.6) is 0 Å². The molecule has 1 saturated heterocycles. The lowest BCUT2D eigenvalue weighted by molar-refractivity contribution is -0.133. The Balaban J connectivity index is 0.00000100.